The van der Waals surface area contributed by atoms with Crippen LogP contribution in [-0.4, -0.2) is 75.9 Å². The summed E-state index contributed by atoms with van der Waals surface area (Å²) in [5, 5.41) is 10.5. The van der Waals surface area contributed by atoms with Gasteiger partial charge in [0.05, 0.1) is 36.7 Å². The van der Waals surface area contributed by atoms with Crippen LogP contribution in [0.1, 0.15) is 44.0 Å². The second kappa shape index (κ2) is 7.19. The molecule has 2 saturated heterocycles. The van der Waals surface area contributed by atoms with E-state index in [1.54, 1.807) is 6.07 Å². The predicted molar refractivity (Wildman–Crippen MR) is 95.7 cm³/mol. The Hall–Kier alpha value is -2.22. The standard InChI is InChI=1S/C18H27N5O3/c1-17(2,3)21-16(25)23-10-11-26-18(13-23)5-8-22(9-6-18)15(24)14-4-7-19-20-12-14/h4,7,12H,5-6,8-11,13H2,1-3H3,(H,21,25). The van der Waals surface area contributed by atoms with Crippen molar-refractivity contribution in [1.82, 2.24) is 25.3 Å². The van der Waals surface area contributed by atoms with Crippen molar-refractivity contribution in [2.75, 3.05) is 32.8 Å². The van der Waals surface area contributed by atoms with Crippen LogP contribution < -0.4 is 5.32 Å². The zero-order valence-corrected chi connectivity index (χ0v) is 15.7. The minimum absolute atomic E-state index is 0.0344. The molecule has 0 bridgehead atoms. The van der Waals surface area contributed by atoms with E-state index in [9.17, 15) is 9.59 Å². The summed E-state index contributed by atoms with van der Waals surface area (Å²) in [6.45, 7) is 8.81. The number of ether oxygens (including phenoxy) is 1. The molecule has 0 aliphatic carbocycles. The summed E-state index contributed by atoms with van der Waals surface area (Å²) in [5.41, 5.74) is -0.0795. The zero-order chi connectivity index (χ0) is 18.8. The van der Waals surface area contributed by atoms with Crippen LogP contribution in [0.3, 0.4) is 0 Å². The van der Waals surface area contributed by atoms with Crippen molar-refractivity contribution in [3.8, 4) is 0 Å². The topological polar surface area (TPSA) is 87.7 Å². The summed E-state index contributed by atoms with van der Waals surface area (Å²) >= 11 is 0. The lowest BCUT2D eigenvalue weighted by Crippen LogP contribution is -2.61. The molecule has 0 saturated carbocycles. The maximum Gasteiger partial charge on any atom is 0.317 e. The SMILES string of the molecule is CC(C)(C)NC(=O)N1CCOC2(CCN(C(=O)c3ccnnc3)CC2)C1. The van der Waals surface area contributed by atoms with Gasteiger partial charge in [-0.1, -0.05) is 0 Å². The summed E-state index contributed by atoms with van der Waals surface area (Å²) < 4.78 is 6.07. The molecule has 0 atom stereocenters. The first-order chi connectivity index (χ1) is 12.3. The number of hydrogen-bond acceptors (Lipinski definition) is 5. The number of urea groups is 1. The Morgan fingerprint density at radius 2 is 1.88 bits per heavy atom. The van der Waals surface area contributed by atoms with Crippen LogP contribution in [0, 0.1) is 0 Å². The molecule has 1 aromatic rings. The number of carbonyl (C=O) groups is 2. The second-order valence-corrected chi connectivity index (χ2v) is 8.06. The Kier molecular flexibility index (Phi) is 5.13. The smallest absolute Gasteiger partial charge is 0.317 e. The van der Waals surface area contributed by atoms with Crippen LogP contribution in [-0.2, 0) is 4.74 Å². The molecule has 2 aliphatic rings. The number of hydrogen-bond donors (Lipinski definition) is 1. The average Bonchev–Trinajstić information content (AvgIpc) is 2.61. The van der Waals surface area contributed by atoms with Crippen LogP contribution in [0.15, 0.2) is 18.5 Å². The maximum absolute atomic E-state index is 12.5. The lowest BCUT2D eigenvalue weighted by molar-refractivity contribution is -0.122. The summed E-state index contributed by atoms with van der Waals surface area (Å²) in [4.78, 5) is 28.7. The summed E-state index contributed by atoms with van der Waals surface area (Å²) in [5.74, 6) is -0.0344. The number of piperidine rings is 1. The molecule has 8 nitrogen and oxygen atoms in total. The van der Waals surface area contributed by atoms with Gasteiger partial charge in [0.1, 0.15) is 0 Å². The van der Waals surface area contributed by atoms with E-state index in [4.69, 9.17) is 4.74 Å². The molecule has 2 fully saturated rings. The number of aromatic nitrogens is 2. The minimum Gasteiger partial charge on any atom is -0.371 e. The summed E-state index contributed by atoms with van der Waals surface area (Å²) in [6.07, 6.45) is 4.45. The van der Waals surface area contributed by atoms with Crippen molar-refractivity contribution >= 4 is 11.9 Å². The van der Waals surface area contributed by atoms with E-state index in [-0.39, 0.29) is 23.1 Å². The summed E-state index contributed by atoms with van der Waals surface area (Å²) in [6, 6.07) is 1.62. The first kappa shape index (κ1) is 18.6. The molecular weight excluding hydrogens is 334 g/mol. The molecule has 2 aliphatic heterocycles. The van der Waals surface area contributed by atoms with Crippen molar-refractivity contribution < 1.29 is 14.3 Å². The molecule has 142 valence electrons. The van der Waals surface area contributed by atoms with Gasteiger partial charge in [-0.05, 0) is 39.7 Å². The van der Waals surface area contributed by atoms with E-state index < -0.39 is 0 Å². The highest BCUT2D eigenvalue weighted by atomic mass is 16.5. The fourth-order valence-electron chi connectivity index (χ4n) is 3.44. The highest BCUT2D eigenvalue weighted by Crippen LogP contribution is 2.30. The number of likely N-dealkylation sites (tertiary alicyclic amines) is 1. The Morgan fingerprint density at radius 1 is 1.15 bits per heavy atom. The quantitative estimate of drug-likeness (QED) is 0.814. The van der Waals surface area contributed by atoms with Gasteiger partial charge < -0.3 is 19.9 Å². The van der Waals surface area contributed by atoms with E-state index in [1.807, 2.05) is 30.6 Å². The number of morpholine rings is 1. The van der Waals surface area contributed by atoms with E-state index in [2.05, 4.69) is 15.5 Å². The fourth-order valence-corrected chi connectivity index (χ4v) is 3.44. The Morgan fingerprint density at radius 3 is 2.50 bits per heavy atom. The van der Waals surface area contributed by atoms with Gasteiger partial charge in [0.2, 0.25) is 0 Å². The monoisotopic (exact) mass is 361 g/mol. The average molecular weight is 361 g/mol. The molecule has 26 heavy (non-hydrogen) atoms. The van der Waals surface area contributed by atoms with Gasteiger partial charge in [-0.25, -0.2) is 4.79 Å². The lowest BCUT2D eigenvalue weighted by atomic mass is 9.89. The highest BCUT2D eigenvalue weighted by Gasteiger charge is 2.42. The fraction of sp³-hybridized carbons (Fsp3) is 0.667. The lowest BCUT2D eigenvalue weighted by Gasteiger charge is -2.47. The molecule has 3 rings (SSSR count). The summed E-state index contributed by atoms with van der Waals surface area (Å²) in [7, 11) is 0. The number of amides is 3. The van der Waals surface area contributed by atoms with Crippen molar-refractivity contribution in [2.45, 2.75) is 44.8 Å². The first-order valence-corrected chi connectivity index (χ1v) is 9.05. The first-order valence-electron chi connectivity index (χ1n) is 9.05. The third kappa shape index (κ3) is 4.30. The van der Waals surface area contributed by atoms with Crippen LogP contribution in [0.25, 0.3) is 0 Å². The normalized spacial score (nSPS) is 20.1. The molecular formula is C18H27N5O3. The Bertz CT molecular complexity index is 651. The number of nitrogens with zero attached hydrogens (tertiary/aromatic N) is 4. The molecule has 3 heterocycles. The van der Waals surface area contributed by atoms with Crippen molar-refractivity contribution in [1.29, 1.82) is 0 Å². The molecule has 1 N–H and O–H groups in total. The molecule has 0 aromatic carbocycles. The van der Waals surface area contributed by atoms with Gasteiger partial charge >= 0.3 is 6.03 Å². The van der Waals surface area contributed by atoms with Crippen LogP contribution in [0.4, 0.5) is 4.79 Å². The van der Waals surface area contributed by atoms with Crippen LogP contribution in [0.2, 0.25) is 0 Å². The zero-order valence-electron chi connectivity index (χ0n) is 15.7. The Balaban J connectivity index is 1.59. The van der Waals surface area contributed by atoms with E-state index in [0.29, 0.717) is 38.3 Å². The maximum atomic E-state index is 12.5. The van der Waals surface area contributed by atoms with Gasteiger partial charge in [-0.15, -0.1) is 0 Å². The third-order valence-corrected chi connectivity index (χ3v) is 4.81. The highest BCUT2D eigenvalue weighted by molar-refractivity contribution is 5.93. The van der Waals surface area contributed by atoms with E-state index >= 15 is 0 Å². The van der Waals surface area contributed by atoms with Crippen molar-refractivity contribution in [3.63, 3.8) is 0 Å². The minimum atomic E-state index is -0.360. The third-order valence-electron chi connectivity index (χ3n) is 4.81. The molecule has 0 unspecified atom stereocenters. The number of nitrogens with one attached hydrogen (secondary N) is 1. The molecule has 0 radical (unpaired) electrons. The molecule has 3 amide bonds. The number of carbonyl (C=O) groups excluding carboxylic acids is 2. The van der Waals surface area contributed by atoms with Gasteiger partial charge in [0, 0.05) is 25.2 Å². The van der Waals surface area contributed by atoms with Crippen LogP contribution in [0.5, 0.6) is 0 Å². The molecule has 1 aromatic heterocycles. The van der Waals surface area contributed by atoms with Crippen molar-refractivity contribution in [2.24, 2.45) is 0 Å². The van der Waals surface area contributed by atoms with Gasteiger partial charge in [0.15, 0.2) is 0 Å². The van der Waals surface area contributed by atoms with E-state index in [0.717, 1.165) is 12.8 Å². The largest absolute Gasteiger partial charge is 0.371 e. The second-order valence-electron chi connectivity index (χ2n) is 8.06. The molecule has 1 spiro atoms. The molecule has 8 heteroatoms. The number of rotatable bonds is 1. The Labute approximate surface area is 153 Å². The van der Waals surface area contributed by atoms with Crippen molar-refractivity contribution in [3.05, 3.63) is 24.0 Å². The van der Waals surface area contributed by atoms with Gasteiger partial charge in [-0.2, -0.15) is 10.2 Å². The van der Waals surface area contributed by atoms with Crippen LogP contribution >= 0.6 is 0 Å². The van der Waals surface area contributed by atoms with Gasteiger partial charge in [0.25, 0.3) is 5.91 Å². The van der Waals surface area contributed by atoms with E-state index in [1.165, 1.54) is 12.4 Å². The predicted octanol–water partition coefficient (Wildman–Crippen LogP) is 1.29. The van der Waals surface area contributed by atoms with Gasteiger partial charge in [-0.3, -0.25) is 4.79 Å².